The van der Waals surface area contributed by atoms with Gasteiger partial charge in [0.05, 0.1) is 0 Å². The van der Waals surface area contributed by atoms with Crippen LogP contribution in [0.4, 0.5) is 10.5 Å². The van der Waals surface area contributed by atoms with Crippen LogP contribution in [0.1, 0.15) is 43.6 Å². The summed E-state index contributed by atoms with van der Waals surface area (Å²) in [4.78, 5) is 24.9. The molecule has 1 aromatic carbocycles. The number of rotatable bonds is 4. The normalized spacial score (nSPS) is 24.0. The molecule has 0 radical (unpaired) electrons. The Balaban J connectivity index is 1.51. The molecule has 3 N–H and O–H groups in total. The molecule has 0 spiro atoms. The number of hydrogen-bond acceptors (Lipinski definition) is 2. The van der Waals surface area contributed by atoms with Crippen LogP contribution in [-0.2, 0) is 4.79 Å². The van der Waals surface area contributed by atoms with Crippen LogP contribution in [0.5, 0.6) is 0 Å². The number of urea groups is 1. The van der Waals surface area contributed by atoms with E-state index in [9.17, 15) is 9.59 Å². The quantitative estimate of drug-likeness (QED) is 0.897. The van der Waals surface area contributed by atoms with Crippen molar-refractivity contribution in [3.8, 4) is 0 Å². The van der Waals surface area contributed by atoms with Crippen molar-refractivity contribution in [2.45, 2.75) is 44.1 Å². The fourth-order valence-electron chi connectivity index (χ4n) is 3.09. The lowest BCUT2D eigenvalue weighted by Crippen LogP contribution is -2.50. The highest BCUT2D eigenvalue weighted by Gasteiger charge is 2.37. The molecule has 1 aromatic rings. The van der Waals surface area contributed by atoms with E-state index in [4.69, 9.17) is 5.73 Å². The number of nitrogens with one attached hydrogen (secondary N) is 1. The first kappa shape index (κ1) is 14.9. The number of primary amides is 1. The summed E-state index contributed by atoms with van der Waals surface area (Å²) >= 11 is 0. The predicted molar refractivity (Wildman–Crippen MR) is 85.5 cm³/mol. The molecule has 2 saturated carbocycles. The summed E-state index contributed by atoms with van der Waals surface area (Å²) in [7, 11) is 1.76. The Morgan fingerprint density at radius 1 is 1.18 bits per heavy atom. The fraction of sp³-hybridized carbons (Fsp3) is 0.529. The van der Waals surface area contributed by atoms with E-state index < -0.39 is 0 Å². The molecule has 118 valence electrons. The second kappa shape index (κ2) is 5.99. The lowest BCUT2D eigenvalue weighted by atomic mass is 9.79. The average molecular weight is 301 g/mol. The van der Waals surface area contributed by atoms with Crippen molar-refractivity contribution < 1.29 is 9.59 Å². The minimum Gasteiger partial charge on any atom is -0.369 e. The number of carbonyl (C=O) groups is 2. The molecular weight excluding hydrogens is 278 g/mol. The van der Waals surface area contributed by atoms with Gasteiger partial charge in [-0.25, -0.2) is 4.79 Å². The fourth-order valence-corrected chi connectivity index (χ4v) is 3.09. The molecule has 5 heteroatoms. The predicted octanol–water partition coefficient (Wildman–Crippen LogP) is 2.68. The molecule has 3 rings (SSSR count). The molecule has 2 aliphatic rings. The first-order valence-electron chi connectivity index (χ1n) is 7.97. The summed E-state index contributed by atoms with van der Waals surface area (Å²) in [6.07, 6.45) is 5.20. The van der Waals surface area contributed by atoms with E-state index in [1.165, 1.54) is 24.8 Å². The highest BCUT2D eigenvalue weighted by Crippen LogP contribution is 2.36. The Morgan fingerprint density at radius 2 is 1.82 bits per heavy atom. The zero-order valence-corrected chi connectivity index (χ0v) is 12.9. The number of anilines is 1. The molecule has 2 fully saturated rings. The van der Waals surface area contributed by atoms with Crippen molar-refractivity contribution in [1.82, 2.24) is 4.90 Å². The summed E-state index contributed by atoms with van der Waals surface area (Å²) in [6.45, 7) is 0. The molecular formula is C17H23N3O2. The van der Waals surface area contributed by atoms with Crippen molar-refractivity contribution in [1.29, 1.82) is 0 Å². The number of nitrogens with two attached hydrogens (primary N) is 1. The minimum absolute atomic E-state index is 0.0815. The Kier molecular flexibility index (Phi) is 4.05. The van der Waals surface area contributed by atoms with Gasteiger partial charge in [0.25, 0.3) is 0 Å². The van der Waals surface area contributed by atoms with Gasteiger partial charge in [0.1, 0.15) is 0 Å². The van der Waals surface area contributed by atoms with Crippen LogP contribution in [-0.4, -0.2) is 29.9 Å². The van der Waals surface area contributed by atoms with E-state index >= 15 is 0 Å². The summed E-state index contributed by atoms with van der Waals surface area (Å²) in [6, 6.07) is 8.10. The van der Waals surface area contributed by atoms with Crippen molar-refractivity contribution in [2.75, 3.05) is 12.4 Å². The van der Waals surface area contributed by atoms with Gasteiger partial charge in [-0.1, -0.05) is 18.6 Å². The number of nitrogens with zero attached hydrogens (tertiary/aromatic N) is 1. The molecule has 0 bridgehead atoms. The minimum atomic E-state index is -0.267. The van der Waals surface area contributed by atoms with Gasteiger partial charge in [0.15, 0.2) is 0 Å². The maximum Gasteiger partial charge on any atom is 0.321 e. The van der Waals surface area contributed by atoms with Gasteiger partial charge in [-0.15, -0.1) is 0 Å². The summed E-state index contributed by atoms with van der Waals surface area (Å²) in [5.41, 5.74) is 7.43. The molecule has 0 saturated heterocycles. The van der Waals surface area contributed by atoms with E-state index in [-0.39, 0.29) is 23.9 Å². The standard InChI is InChI=1S/C17H23N3O2/c1-20(15-9-13(10-15)16(18)21)17(22)19-14-7-5-12(6-8-14)11-3-2-4-11/h5-8,11,13,15H,2-4,9-10H2,1H3,(H2,18,21)(H,19,22). The molecule has 0 aliphatic heterocycles. The van der Waals surface area contributed by atoms with Gasteiger partial charge < -0.3 is 16.0 Å². The second-order valence-electron chi connectivity index (χ2n) is 6.52. The average Bonchev–Trinajstić information content (AvgIpc) is 2.36. The van der Waals surface area contributed by atoms with Crippen LogP contribution in [0.2, 0.25) is 0 Å². The van der Waals surface area contributed by atoms with E-state index in [1.54, 1.807) is 11.9 Å². The molecule has 0 aromatic heterocycles. The lowest BCUT2D eigenvalue weighted by Gasteiger charge is -2.39. The van der Waals surface area contributed by atoms with Crippen molar-refractivity contribution in [3.63, 3.8) is 0 Å². The number of carbonyl (C=O) groups excluding carboxylic acids is 2. The van der Waals surface area contributed by atoms with Crippen LogP contribution >= 0.6 is 0 Å². The van der Waals surface area contributed by atoms with Crippen LogP contribution < -0.4 is 11.1 Å². The number of benzene rings is 1. The smallest absolute Gasteiger partial charge is 0.321 e. The Labute approximate surface area is 130 Å². The highest BCUT2D eigenvalue weighted by atomic mass is 16.2. The molecule has 0 heterocycles. The van der Waals surface area contributed by atoms with E-state index in [1.807, 2.05) is 12.1 Å². The van der Waals surface area contributed by atoms with E-state index in [2.05, 4.69) is 17.4 Å². The third kappa shape index (κ3) is 2.93. The Morgan fingerprint density at radius 3 is 2.32 bits per heavy atom. The third-order valence-corrected chi connectivity index (χ3v) is 5.12. The van der Waals surface area contributed by atoms with Crippen molar-refractivity contribution >= 4 is 17.6 Å². The highest BCUT2D eigenvalue weighted by molar-refractivity contribution is 5.89. The van der Waals surface area contributed by atoms with E-state index in [0.29, 0.717) is 18.8 Å². The molecule has 5 nitrogen and oxygen atoms in total. The maximum atomic E-state index is 12.2. The van der Waals surface area contributed by atoms with Gasteiger partial charge in [-0.05, 0) is 49.3 Å². The van der Waals surface area contributed by atoms with Crippen LogP contribution in [0.15, 0.2) is 24.3 Å². The largest absolute Gasteiger partial charge is 0.369 e. The topological polar surface area (TPSA) is 75.4 Å². The monoisotopic (exact) mass is 301 g/mol. The summed E-state index contributed by atoms with van der Waals surface area (Å²) in [5, 5.41) is 2.91. The second-order valence-corrected chi connectivity index (χ2v) is 6.52. The zero-order chi connectivity index (χ0) is 15.7. The van der Waals surface area contributed by atoms with Gasteiger partial charge in [0, 0.05) is 24.7 Å². The van der Waals surface area contributed by atoms with Crippen LogP contribution in [0.3, 0.4) is 0 Å². The lowest BCUT2D eigenvalue weighted by molar-refractivity contribution is -0.125. The van der Waals surface area contributed by atoms with Gasteiger partial charge in [-0.2, -0.15) is 0 Å². The summed E-state index contributed by atoms with van der Waals surface area (Å²) in [5.74, 6) is 0.354. The Hall–Kier alpha value is -2.04. The molecule has 3 amide bonds. The van der Waals surface area contributed by atoms with Crippen LogP contribution in [0, 0.1) is 5.92 Å². The van der Waals surface area contributed by atoms with Crippen LogP contribution in [0.25, 0.3) is 0 Å². The van der Waals surface area contributed by atoms with E-state index in [0.717, 1.165) is 5.69 Å². The van der Waals surface area contributed by atoms with Crippen molar-refractivity contribution in [3.05, 3.63) is 29.8 Å². The van der Waals surface area contributed by atoms with Gasteiger partial charge >= 0.3 is 6.03 Å². The summed E-state index contributed by atoms with van der Waals surface area (Å²) < 4.78 is 0. The first-order chi connectivity index (χ1) is 10.5. The maximum absolute atomic E-state index is 12.2. The molecule has 2 aliphatic carbocycles. The molecule has 0 atom stereocenters. The first-order valence-corrected chi connectivity index (χ1v) is 7.97. The zero-order valence-electron chi connectivity index (χ0n) is 12.9. The van der Waals surface area contributed by atoms with Gasteiger partial charge in [-0.3, -0.25) is 4.79 Å². The molecule has 0 unspecified atom stereocenters. The van der Waals surface area contributed by atoms with Crippen molar-refractivity contribution in [2.24, 2.45) is 11.7 Å². The number of amides is 3. The van der Waals surface area contributed by atoms with Gasteiger partial charge in [0.2, 0.25) is 5.91 Å². The Bertz CT molecular complexity index is 560. The third-order valence-electron chi connectivity index (χ3n) is 5.12. The molecule has 22 heavy (non-hydrogen) atoms. The SMILES string of the molecule is CN(C(=O)Nc1ccc(C2CCC2)cc1)C1CC(C(N)=O)C1. The number of hydrogen-bond donors (Lipinski definition) is 2.